The van der Waals surface area contributed by atoms with Crippen LogP contribution in [0.1, 0.15) is 232 Å². The summed E-state index contributed by atoms with van der Waals surface area (Å²) in [4.78, 5) is 25.4. The number of hydrogen-bond acceptors (Lipinski definition) is 6. The van der Waals surface area contributed by atoms with Gasteiger partial charge in [0.05, 0.1) is 39.9 Å². The number of likely N-dealkylation sites (N-methyl/N-ethyl adjacent to an activating group) is 1. The summed E-state index contributed by atoms with van der Waals surface area (Å²) in [6.07, 6.45) is 69.2. The van der Waals surface area contributed by atoms with E-state index in [0.717, 1.165) is 83.5 Å². The third-order valence-corrected chi connectivity index (χ3v) is 13.1. The topological polar surface area (TPSA) is 108 Å². The van der Waals surface area contributed by atoms with Gasteiger partial charge in [-0.2, -0.15) is 0 Å². The zero-order valence-corrected chi connectivity index (χ0v) is 45.7. The molecule has 0 aliphatic rings. The molecule has 0 aliphatic carbocycles. The van der Waals surface area contributed by atoms with E-state index < -0.39 is 20.0 Å². The first-order chi connectivity index (χ1) is 33.0. The van der Waals surface area contributed by atoms with Crippen LogP contribution in [-0.2, 0) is 18.4 Å². The number of phosphoric ester groups is 1. The van der Waals surface area contributed by atoms with Crippen LogP contribution in [0, 0.1) is 0 Å². The first-order valence-corrected chi connectivity index (χ1v) is 29.4. The number of unbranched alkanes of at least 4 members (excludes halogenated alkanes) is 23. The summed E-state index contributed by atoms with van der Waals surface area (Å²) in [6.45, 7) is 4.57. The summed E-state index contributed by atoms with van der Waals surface area (Å²) in [5, 5.41) is 13.9. The Kier molecular flexibility index (Phi) is 48.0. The van der Waals surface area contributed by atoms with Crippen LogP contribution >= 0.6 is 7.82 Å². The highest BCUT2D eigenvalue weighted by molar-refractivity contribution is 7.45. The van der Waals surface area contributed by atoms with Crippen LogP contribution in [0.3, 0.4) is 0 Å². The summed E-state index contributed by atoms with van der Waals surface area (Å²) >= 11 is 0. The van der Waals surface area contributed by atoms with E-state index in [1.54, 1.807) is 0 Å². The van der Waals surface area contributed by atoms with Crippen LogP contribution in [0.15, 0.2) is 85.1 Å². The first kappa shape index (κ1) is 65.7. The summed E-state index contributed by atoms with van der Waals surface area (Å²) < 4.78 is 23.3. The van der Waals surface area contributed by atoms with Gasteiger partial charge in [0.2, 0.25) is 5.91 Å². The average molecular weight is 971 g/mol. The second-order valence-electron chi connectivity index (χ2n) is 19.9. The minimum absolute atomic E-state index is 0.00987. The van der Waals surface area contributed by atoms with Crippen molar-refractivity contribution in [2.75, 3.05) is 40.9 Å². The zero-order chi connectivity index (χ0) is 49.9. The average Bonchev–Trinajstić information content (AvgIpc) is 3.30. The van der Waals surface area contributed by atoms with Crippen molar-refractivity contribution in [1.82, 2.24) is 5.32 Å². The number of aliphatic hydroxyl groups excluding tert-OH is 1. The lowest BCUT2D eigenvalue weighted by Crippen LogP contribution is -2.46. The Bertz CT molecular complexity index is 1380. The summed E-state index contributed by atoms with van der Waals surface area (Å²) in [6, 6.07) is -0.801. The largest absolute Gasteiger partial charge is 0.756 e. The van der Waals surface area contributed by atoms with Gasteiger partial charge in [-0.1, -0.05) is 240 Å². The number of amides is 1. The molecule has 0 aromatic carbocycles. The Morgan fingerprint density at radius 3 is 1.31 bits per heavy atom. The van der Waals surface area contributed by atoms with E-state index in [9.17, 15) is 19.4 Å². The highest BCUT2D eigenvalue weighted by Gasteiger charge is 2.24. The van der Waals surface area contributed by atoms with Gasteiger partial charge in [-0.15, -0.1) is 0 Å². The van der Waals surface area contributed by atoms with E-state index in [-0.39, 0.29) is 19.1 Å². The molecule has 0 aromatic rings. The number of hydrogen-bond donors (Lipinski definition) is 2. The van der Waals surface area contributed by atoms with E-state index in [2.05, 4.69) is 104 Å². The molecule has 1 amide bonds. The third kappa shape index (κ3) is 51.5. The van der Waals surface area contributed by atoms with E-state index in [1.807, 2.05) is 21.1 Å². The maximum absolute atomic E-state index is 12.9. The number of carbonyl (C=O) groups is 1. The van der Waals surface area contributed by atoms with Gasteiger partial charge in [-0.05, 0) is 70.6 Å². The molecular weight excluding hydrogens is 864 g/mol. The van der Waals surface area contributed by atoms with Crippen molar-refractivity contribution in [2.24, 2.45) is 0 Å². The van der Waals surface area contributed by atoms with Crippen molar-refractivity contribution in [1.29, 1.82) is 0 Å². The Balaban J connectivity index is 3.94. The number of allylic oxidation sites excluding steroid dienone is 14. The number of phosphoric acid groups is 1. The standard InChI is InChI=1S/C59H107N2O6P/c1-6-8-10-12-14-16-17-18-19-20-21-22-23-24-25-26-27-28-29-30-31-32-33-34-35-36-37-38-39-40-41-42-43-45-47-49-51-53-59(63)60-57(56-67-68(64,65)66-55-54-61(3,4)5)58(62)52-50-48-46-44-15-13-11-9-7-2/h8,10,14,16,18-19,21-22,24-25,27-28,30-31,57-58,62H,6-7,9,11-13,15,17,20,23,26,29,32-56H2,1-5H3,(H-,60,63,64,65)/b10-8-,16-14-,19-18-,22-21-,25-24-,28-27-,31-30-. The van der Waals surface area contributed by atoms with Gasteiger partial charge in [-0.3, -0.25) is 9.36 Å². The summed E-state index contributed by atoms with van der Waals surface area (Å²) in [5.41, 5.74) is 0. The molecule has 0 radical (unpaired) electrons. The maximum atomic E-state index is 12.9. The monoisotopic (exact) mass is 971 g/mol. The van der Waals surface area contributed by atoms with Crippen LogP contribution in [0.25, 0.3) is 0 Å². The van der Waals surface area contributed by atoms with E-state index in [1.165, 1.54) is 122 Å². The number of carbonyl (C=O) groups excluding carboxylic acids is 1. The third-order valence-electron chi connectivity index (χ3n) is 12.1. The highest BCUT2D eigenvalue weighted by Crippen LogP contribution is 2.38. The molecule has 0 fully saturated rings. The van der Waals surface area contributed by atoms with E-state index in [0.29, 0.717) is 23.9 Å². The second kappa shape index (κ2) is 49.7. The Morgan fingerprint density at radius 2 is 0.897 bits per heavy atom. The Labute approximate surface area is 420 Å². The molecule has 3 unspecified atom stereocenters. The van der Waals surface area contributed by atoms with Crippen LogP contribution in [0.5, 0.6) is 0 Å². The van der Waals surface area contributed by atoms with Gasteiger partial charge in [0.25, 0.3) is 7.82 Å². The molecule has 394 valence electrons. The molecule has 0 heterocycles. The maximum Gasteiger partial charge on any atom is 0.268 e. The molecule has 2 N–H and O–H groups in total. The number of quaternary nitrogens is 1. The van der Waals surface area contributed by atoms with Gasteiger partial charge in [-0.25, -0.2) is 0 Å². The summed E-state index contributed by atoms with van der Waals surface area (Å²) in [5.74, 6) is -0.169. The molecule has 0 aromatic heterocycles. The molecule has 0 saturated carbocycles. The van der Waals surface area contributed by atoms with E-state index in [4.69, 9.17) is 9.05 Å². The quantitative estimate of drug-likeness (QED) is 0.0272. The van der Waals surface area contributed by atoms with Crippen LogP contribution in [-0.4, -0.2) is 68.5 Å². The lowest BCUT2D eigenvalue weighted by molar-refractivity contribution is -0.870. The summed E-state index contributed by atoms with van der Waals surface area (Å²) in [7, 11) is 1.30. The van der Waals surface area contributed by atoms with Gasteiger partial charge in [0.1, 0.15) is 13.2 Å². The van der Waals surface area contributed by atoms with Crippen molar-refractivity contribution >= 4 is 13.7 Å². The van der Waals surface area contributed by atoms with Crippen LogP contribution < -0.4 is 10.2 Å². The number of rotatable bonds is 50. The number of aliphatic hydroxyl groups is 1. The predicted molar refractivity (Wildman–Crippen MR) is 293 cm³/mol. The number of nitrogens with one attached hydrogen (secondary N) is 1. The smallest absolute Gasteiger partial charge is 0.268 e. The minimum Gasteiger partial charge on any atom is -0.756 e. The Hall–Kier alpha value is -2.32. The molecule has 8 nitrogen and oxygen atoms in total. The first-order valence-electron chi connectivity index (χ1n) is 27.9. The zero-order valence-electron chi connectivity index (χ0n) is 44.8. The van der Waals surface area contributed by atoms with Crippen LogP contribution in [0.4, 0.5) is 0 Å². The minimum atomic E-state index is -4.56. The normalized spacial score (nSPS) is 14.6. The molecule has 0 bridgehead atoms. The fraction of sp³-hybridized carbons (Fsp3) is 0.746. The van der Waals surface area contributed by atoms with E-state index >= 15 is 0 Å². The molecule has 0 spiro atoms. The molecule has 9 heteroatoms. The van der Waals surface area contributed by atoms with Gasteiger partial charge >= 0.3 is 0 Å². The molecule has 0 rings (SSSR count). The van der Waals surface area contributed by atoms with Gasteiger partial charge in [0.15, 0.2) is 0 Å². The molecule has 0 aliphatic heterocycles. The molecular formula is C59H107N2O6P. The second-order valence-corrected chi connectivity index (χ2v) is 21.3. The predicted octanol–water partition coefficient (Wildman–Crippen LogP) is 16.2. The van der Waals surface area contributed by atoms with Crippen molar-refractivity contribution in [3.63, 3.8) is 0 Å². The SMILES string of the molecule is CC/C=C\C/C=C\C/C=C\C/C=C\C/C=C\C/C=C\C/C=C\CCCCCCCCCCCCCCCCCC(=O)NC(COP(=O)([O-])OCC[N+](C)(C)C)C(O)CCCCCCCCCCC. The Morgan fingerprint density at radius 1 is 0.529 bits per heavy atom. The van der Waals surface area contributed by atoms with Crippen molar-refractivity contribution in [3.05, 3.63) is 85.1 Å². The molecule has 3 atom stereocenters. The fourth-order valence-corrected chi connectivity index (χ4v) is 8.51. The number of nitrogens with zero attached hydrogens (tertiary/aromatic N) is 1. The molecule has 68 heavy (non-hydrogen) atoms. The van der Waals surface area contributed by atoms with Crippen LogP contribution in [0.2, 0.25) is 0 Å². The van der Waals surface area contributed by atoms with Crippen molar-refractivity contribution < 1.29 is 32.9 Å². The van der Waals surface area contributed by atoms with Crippen molar-refractivity contribution in [3.8, 4) is 0 Å². The lowest BCUT2D eigenvalue weighted by atomic mass is 10.0. The lowest BCUT2D eigenvalue weighted by Gasteiger charge is -2.30. The fourth-order valence-electron chi connectivity index (χ4n) is 7.79. The molecule has 0 saturated heterocycles. The van der Waals surface area contributed by atoms with Gasteiger partial charge in [0, 0.05) is 6.42 Å². The highest BCUT2D eigenvalue weighted by atomic mass is 31.2. The van der Waals surface area contributed by atoms with Gasteiger partial charge < -0.3 is 28.8 Å². The van der Waals surface area contributed by atoms with Crippen molar-refractivity contribution in [2.45, 2.75) is 244 Å².